The first kappa shape index (κ1) is 28.1. The summed E-state index contributed by atoms with van der Waals surface area (Å²) in [6, 6.07) is 7.41. The number of thioether (sulfide) groups is 1. The van der Waals surface area contributed by atoms with E-state index in [1.165, 1.54) is 34.8 Å². The molecule has 204 valence electrons. The highest BCUT2D eigenvalue weighted by atomic mass is 32.2. The third kappa shape index (κ3) is 5.74. The van der Waals surface area contributed by atoms with E-state index in [1.54, 1.807) is 18.2 Å². The van der Waals surface area contributed by atoms with Crippen molar-refractivity contribution in [1.82, 2.24) is 20.1 Å². The lowest BCUT2D eigenvalue weighted by molar-refractivity contribution is -0.137. The number of halogens is 4. The van der Waals surface area contributed by atoms with E-state index >= 15 is 0 Å². The molecule has 0 aliphatic carbocycles. The Morgan fingerprint density at radius 2 is 2.03 bits per heavy atom. The molecule has 3 heterocycles. The van der Waals surface area contributed by atoms with E-state index in [2.05, 4.69) is 20.7 Å². The summed E-state index contributed by atoms with van der Waals surface area (Å²) in [5.74, 6) is -0.829. The number of pyridine rings is 1. The van der Waals surface area contributed by atoms with E-state index in [-0.39, 0.29) is 54.1 Å². The normalized spacial score (nSPS) is 14.4. The molecule has 1 aliphatic rings. The highest BCUT2D eigenvalue weighted by Gasteiger charge is 2.44. The molecular formula is C25H23F4N7O2S. The minimum absolute atomic E-state index is 0.0295. The highest BCUT2D eigenvalue weighted by Crippen LogP contribution is 2.37. The standard InChI is InChI=1S/C25H23F4N7O2S/c1-31-24(13-35(14-24)20-5-4-16(7-18(20)26)25(27,28)29)8-19-17(11-37)23(33-22(38)12-39-2)36(34-19)21-6-3-15(9-30)10-32-21/h3-7,10-11,31H,8,12-14H2,1-2H3,(H,33,38). The quantitative estimate of drug-likeness (QED) is 0.302. The van der Waals surface area contributed by atoms with Crippen LogP contribution in [0.25, 0.3) is 5.82 Å². The maximum Gasteiger partial charge on any atom is 0.416 e. The number of rotatable bonds is 9. The van der Waals surface area contributed by atoms with Crippen LogP contribution < -0.4 is 15.5 Å². The fraction of sp³-hybridized carbons (Fsp3) is 0.320. The van der Waals surface area contributed by atoms with Gasteiger partial charge in [0, 0.05) is 25.7 Å². The van der Waals surface area contributed by atoms with Crippen LogP contribution in [0, 0.1) is 17.1 Å². The molecule has 1 aliphatic heterocycles. The number of alkyl halides is 3. The second-order valence-electron chi connectivity index (χ2n) is 8.96. The maximum atomic E-state index is 14.5. The van der Waals surface area contributed by atoms with E-state index < -0.39 is 23.1 Å². The Bertz CT molecular complexity index is 1430. The number of benzene rings is 1. The topological polar surface area (TPSA) is 116 Å². The Morgan fingerprint density at radius 1 is 1.28 bits per heavy atom. The van der Waals surface area contributed by atoms with Crippen molar-refractivity contribution in [2.75, 3.05) is 42.4 Å². The molecule has 0 atom stereocenters. The third-order valence-electron chi connectivity index (χ3n) is 6.38. The van der Waals surface area contributed by atoms with Crippen molar-refractivity contribution < 1.29 is 27.2 Å². The van der Waals surface area contributed by atoms with Crippen LogP contribution in [0.4, 0.5) is 29.1 Å². The molecule has 0 saturated carbocycles. The van der Waals surface area contributed by atoms with Gasteiger partial charge in [-0.05, 0) is 43.6 Å². The molecule has 0 radical (unpaired) electrons. The summed E-state index contributed by atoms with van der Waals surface area (Å²) in [5, 5.41) is 19.5. The van der Waals surface area contributed by atoms with E-state index in [4.69, 9.17) is 5.26 Å². The second kappa shape index (κ2) is 11.0. The van der Waals surface area contributed by atoms with Crippen molar-refractivity contribution in [1.29, 1.82) is 5.26 Å². The summed E-state index contributed by atoms with van der Waals surface area (Å²) in [5.41, 5.74) is -0.958. The number of nitriles is 1. The number of anilines is 2. The number of carbonyl (C=O) groups is 2. The van der Waals surface area contributed by atoms with Crippen molar-refractivity contribution in [3.8, 4) is 11.9 Å². The predicted molar refractivity (Wildman–Crippen MR) is 138 cm³/mol. The lowest BCUT2D eigenvalue weighted by Crippen LogP contribution is -2.70. The number of carbonyl (C=O) groups excluding carboxylic acids is 2. The van der Waals surface area contributed by atoms with Crippen molar-refractivity contribution in [2.45, 2.75) is 18.1 Å². The Balaban J connectivity index is 1.64. The summed E-state index contributed by atoms with van der Waals surface area (Å²) in [6.45, 7) is 0.445. The number of hydrogen-bond donors (Lipinski definition) is 2. The van der Waals surface area contributed by atoms with Gasteiger partial charge in [0.2, 0.25) is 5.91 Å². The number of likely N-dealkylation sites (N-methyl/N-ethyl adjacent to an activating group) is 1. The Morgan fingerprint density at radius 3 is 2.56 bits per heavy atom. The molecule has 1 aromatic carbocycles. The van der Waals surface area contributed by atoms with Gasteiger partial charge in [-0.2, -0.15) is 40.0 Å². The fourth-order valence-corrected chi connectivity index (χ4v) is 4.70. The van der Waals surface area contributed by atoms with Gasteiger partial charge in [0.1, 0.15) is 17.7 Å². The summed E-state index contributed by atoms with van der Waals surface area (Å²) < 4.78 is 54.7. The van der Waals surface area contributed by atoms with Crippen LogP contribution in [-0.4, -0.2) is 64.6 Å². The predicted octanol–water partition coefficient (Wildman–Crippen LogP) is 3.43. The average Bonchev–Trinajstić information content (AvgIpc) is 3.22. The molecule has 1 amide bonds. The number of nitrogens with zero attached hydrogens (tertiary/aromatic N) is 5. The van der Waals surface area contributed by atoms with Gasteiger partial charge in [-0.25, -0.2) is 9.37 Å². The van der Waals surface area contributed by atoms with Gasteiger partial charge in [0.05, 0.1) is 39.4 Å². The molecule has 0 bridgehead atoms. The molecule has 2 aromatic heterocycles. The first-order chi connectivity index (χ1) is 18.5. The van der Waals surface area contributed by atoms with Gasteiger partial charge >= 0.3 is 6.18 Å². The Hall–Kier alpha value is -3.96. The fourth-order valence-electron chi connectivity index (χ4n) is 4.37. The van der Waals surface area contributed by atoms with Crippen LogP contribution in [0.15, 0.2) is 36.5 Å². The van der Waals surface area contributed by atoms with Crippen LogP contribution in [0.1, 0.15) is 27.2 Å². The molecule has 9 nitrogen and oxygen atoms in total. The van der Waals surface area contributed by atoms with Crippen LogP contribution >= 0.6 is 11.8 Å². The van der Waals surface area contributed by atoms with Gasteiger partial charge in [-0.1, -0.05) is 0 Å². The first-order valence-electron chi connectivity index (χ1n) is 11.6. The van der Waals surface area contributed by atoms with E-state index in [1.807, 2.05) is 6.07 Å². The zero-order valence-electron chi connectivity index (χ0n) is 20.8. The van der Waals surface area contributed by atoms with E-state index in [0.717, 1.165) is 12.1 Å². The Kier molecular flexibility index (Phi) is 7.94. The molecular weight excluding hydrogens is 538 g/mol. The van der Waals surface area contributed by atoms with Gasteiger partial charge < -0.3 is 15.5 Å². The highest BCUT2D eigenvalue weighted by molar-refractivity contribution is 7.99. The SMILES string of the molecule is CNC1(Cc2nn(-c3ccc(C#N)cn3)c(NC(=O)CSC)c2C=O)CN(c2ccc(C(F)(F)F)cc2F)C1. The van der Waals surface area contributed by atoms with Gasteiger partial charge in [-0.3, -0.25) is 9.59 Å². The second-order valence-corrected chi connectivity index (χ2v) is 9.83. The van der Waals surface area contributed by atoms with Crippen LogP contribution in [0.3, 0.4) is 0 Å². The van der Waals surface area contributed by atoms with Crippen LogP contribution in [-0.2, 0) is 17.4 Å². The maximum absolute atomic E-state index is 14.5. The number of amides is 1. The molecule has 1 saturated heterocycles. The third-order valence-corrected chi connectivity index (χ3v) is 6.93. The van der Waals surface area contributed by atoms with Gasteiger partial charge in [0.15, 0.2) is 12.1 Å². The summed E-state index contributed by atoms with van der Waals surface area (Å²) in [6.07, 6.45) is -0.802. The molecule has 14 heteroatoms. The van der Waals surface area contributed by atoms with Crippen LogP contribution in [0.2, 0.25) is 0 Å². The number of hydrogen-bond acceptors (Lipinski definition) is 8. The molecule has 4 rings (SSSR count). The minimum atomic E-state index is -4.65. The number of nitrogens with one attached hydrogen (secondary N) is 2. The minimum Gasteiger partial charge on any atom is -0.365 e. The first-order valence-corrected chi connectivity index (χ1v) is 13.0. The average molecular weight is 562 g/mol. The monoisotopic (exact) mass is 561 g/mol. The number of aromatic nitrogens is 3. The Labute approximate surface area is 225 Å². The largest absolute Gasteiger partial charge is 0.416 e. The van der Waals surface area contributed by atoms with E-state index in [0.29, 0.717) is 23.6 Å². The van der Waals surface area contributed by atoms with E-state index in [9.17, 15) is 27.2 Å². The molecule has 1 fully saturated rings. The molecule has 3 aromatic rings. The summed E-state index contributed by atoms with van der Waals surface area (Å²) in [4.78, 5) is 30.4. The smallest absolute Gasteiger partial charge is 0.365 e. The molecule has 0 unspecified atom stereocenters. The zero-order valence-corrected chi connectivity index (χ0v) is 21.7. The van der Waals surface area contributed by atoms with Crippen LogP contribution in [0.5, 0.6) is 0 Å². The lowest BCUT2D eigenvalue weighted by atomic mass is 9.83. The van der Waals surface area contributed by atoms with Crippen molar-refractivity contribution >= 4 is 35.5 Å². The summed E-state index contributed by atoms with van der Waals surface area (Å²) >= 11 is 1.29. The molecule has 39 heavy (non-hydrogen) atoms. The lowest BCUT2D eigenvalue weighted by Gasteiger charge is -2.51. The van der Waals surface area contributed by atoms with Gasteiger partial charge in [0.25, 0.3) is 0 Å². The number of aldehydes is 1. The van der Waals surface area contributed by atoms with Crippen molar-refractivity contribution in [2.24, 2.45) is 0 Å². The molecule has 2 N–H and O–H groups in total. The zero-order chi connectivity index (χ0) is 28.4. The van der Waals surface area contributed by atoms with Crippen molar-refractivity contribution in [3.63, 3.8) is 0 Å². The van der Waals surface area contributed by atoms with Crippen molar-refractivity contribution in [3.05, 3.63) is 64.7 Å². The summed E-state index contributed by atoms with van der Waals surface area (Å²) in [7, 11) is 1.68. The van der Waals surface area contributed by atoms with Gasteiger partial charge in [-0.15, -0.1) is 0 Å². The molecule has 0 spiro atoms.